The maximum atomic E-state index is 12.5. The Hall–Kier alpha value is -4.57. The first kappa shape index (κ1) is 19.7. The number of benzene rings is 1. The molecule has 0 fully saturated rings. The number of nitrogens with zero attached hydrogens (tertiary/aromatic N) is 7. The minimum Gasteiger partial charge on any atom is -0.479 e. The highest BCUT2D eigenvalue weighted by Crippen LogP contribution is 2.13. The number of carbonyl (C=O) groups is 1. The third-order valence-corrected chi connectivity index (χ3v) is 4.44. The lowest BCUT2D eigenvalue weighted by Gasteiger charge is -2.08. The Morgan fingerprint density at radius 2 is 2.06 bits per heavy atom. The first-order valence-electron chi connectivity index (χ1n) is 9.30. The number of amidine groups is 2. The predicted octanol–water partition coefficient (Wildman–Crippen LogP) is -2.52. The van der Waals surface area contributed by atoms with E-state index in [1.807, 2.05) is 37.2 Å². The molecule has 2 aliphatic heterocycles. The molecular formula is C21H19N8O2+3. The third kappa shape index (κ3) is 4.09. The third-order valence-electron chi connectivity index (χ3n) is 4.44. The zero-order chi connectivity index (χ0) is 22.0. The Bertz CT molecular complexity index is 1430. The van der Waals surface area contributed by atoms with Crippen LogP contribution in [0.2, 0.25) is 0 Å². The summed E-state index contributed by atoms with van der Waals surface area (Å²) in [5.74, 6) is 3.64. The maximum absolute atomic E-state index is 12.5. The molecule has 0 bridgehead atoms. The van der Waals surface area contributed by atoms with E-state index in [-0.39, 0.29) is 11.6 Å². The number of carbonyl (C=O) groups excluding carboxylic acids is 1. The second kappa shape index (κ2) is 8.05. The molecule has 0 unspecified atom stereocenters. The van der Waals surface area contributed by atoms with Gasteiger partial charge in [0.2, 0.25) is 11.9 Å². The summed E-state index contributed by atoms with van der Waals surface area (Å²) in [6, 6.07) is 10.5. The van der Waals surface area contributed by atoms with Crippen LogP contribution in [0.5, 0.6) is 5.88 Å². The zero-order valence-electron chi connectivity index (χ0n) is 17.4. The second-order valence-corrected chi connectivity index (χ2v) is 6.83. The van der Waals surface area contributed by atoms with Crippen LogP contribution in [-0.2, 0) is 0 Å². The molecule has 0 spiro atoms. The van der Waals surface area contributed by atoms with Crippen LogP contribution < -0.4 is 39.6 Å². The standard InChI is InChI=1S/C21H18N8O2/c1-13-22-11-19(24-13)25-20(30)17-9-14(21(31-4)27-26-17)7-8-29-12-23-16-10-15(28(2)3)5-6-18(16)29/h5-6,9-12H,1-4H3/q+2/p+1. The summed E-state index contributed by atoms with van der Waals surface area (Å²) >= 11 is 0. The highest BCUT2D eigenvalue weighted by atomic mass is 16.5. The van der Waals surface area contributed by atoms with Gasteiger partial charge in [-0.2, -0.15) is 0 Å². The summed E-state index contributed by atoms with van der Waals surface area (Å²) in [7, 11) is 5.41. The van der Waals surface area contributed by atoms with E-state index in [4.69, 9.17) is 4.74 Å². The lowest BCUT2D eigenvalue weighted by atomic mass is 10.2. The van der Waals surface area contributed by atoms with Crippen molar-refractivity contribution in [3.8, 4) is 17.8 Å². The van der Waals surface area contributed by atoms with E-state index in [1.165, 1.54) is 19.4 Å². The molecule has 1 amide bonds. The van der Waals surface area contributed by atoms with Gasteiger partial charge in [-0.05, 0) is 26.4 Å². The quantitative estimate of drug-likeness (QED) is 0.338. The average molecular weight is 415 g/mol. The number of aliphatic imine (C=N–C) groups is 1. The summed E-state index contributed by atoms with van der Waals surface area (Å²) in [6.45, 7) is 1.73. The van der Waals surface area contributed by atoms with E-state index in [0.29, 0.717) is 17.2 Å². The van der Waals surface area contributed by atoms with Gasteiger partial charge in [0.25, 0.3) is 12.1 Å². The average Bonchev–Trinajstić information content (AvgIpc) is 3.37. The lowest BCUT2D eigenvalue weighted by Crippen LogP contribution is -2.33. The summed E-state index contributed by atoms with van der Waals surface area (Å²) in [5, 5.41) is 12.2. The van der Waals surface area contributed by atoms with Crippen molar-refractivity contribution in [1.29, 1.82) is 0 Å². The van der Waals surface area contributed by atoms with Gasteiger partial charge in [0, 0.05) is 31.8 Å². The van der Waals surface area contributed by atoms with E-state index >= 15 is 0 Å². The molecule has 10 heteroatoms. The van der Waals surface area contributed by atoms with E-state index in [0.717, 1.165) is 16.4 Å². The Morgan fingerprint density at radius 3 is 2.77 bits per heavy atom. The Kier molecular flexibility index (Phi) is 5.12. The minimum atomic E-state index is -0.470. The Morgan fingerprint density at radius 1 is 1.23 bits per heavy atom. The molecule has 31 heavy (non-hydrogen) atoms. The van der Waals surface area contributed by atoms with E-state index < -0.39 is 5.91 Å². The number of amides is 1. The molecule has 0 aliphatic carbocycles. The van der Waals surface area contributed by atoms with Crippen molar-refractivity contribution in [3.05, 3.63) is 46.2 Å². The molecule has 4 rings (SSSR count). The molecule has 1 N–H and O–H groups in total. The Balaban J connectivity index is 1.65. The van der Waals surface area contributed by atoms with Gasteiger partial charge in [0.15, 0.2) is 5.69 Å². The fourth-order valence-electron chi connectivity index (χ4n) is 2.85. The van der Waals surface area contributed by atoms with Crippen LogP contribution >= 0.6 is 0 Å². The Labute approximate surface area is 177 Å². The lowest BCUT2D eigenvalue weighted by molar-refractivity contribution is 0.0971. The summed E-state index contributed by atoms with van der Waals surface area (Å²) < 4.78 is 15.3. The van der Waals surface area contributed by atoms with Crippen LogP contribution in [0.25, 0.3) is 0 Å². The molecule has 2 aromatic rings. The number of methoxy groups -OCH3 is 1. The number of hydrogen-bond acceptors (Lipinski definition) is 6. The normalized spacial score (nSPS) is 13.0. The molecule has 10 nitrogen and oxygen atoms in total. The van der Waals surface area contributed by atoms with E-state index in [1.54, 1.807) is 17.8 Å². The van der Waals surface area contributed by atoms with Crippen LogP contribution in [0.4, 0.5) is 5.69 Å². The number of fused-ring (bicyclic) bond motifs is 1. The van der Waals surface area contributed by atoms with Crippen LogP contribution in [0.1, 0.15) is 23.0 Å². The molecular weight excluding hydrogens is 396 g/mol. The first-order valence-corrected chi connectivity index (χ1v) is 9.30. The number of hydrogen-bond donors (Lipinski definition) is 1. The van der Waals surface area contributed by atoms with Gasteiger partial charge in [-0.25, -0.2) is 4.67 Å². The topological polar surface area (TPSA) is 111 Å². The minimum absolute atomic E-state index is 0.0804. The molecule has 0 radical (unpaired) electrons. The van der Waals surface area contributed by atoms with Crippen molar-refractivity contribution in [3.63, 3.8) is 0 Å². The molecule has 0 saturated heterocycles. The van der Waals surface area contributed by atoms with Gasteiger partial charge in [0.05, 0.1) is 25.7 Å². The number of ether oxygens (including phenoxy) is 1. The van der Waals surface area contributed by atoms with E-state index in [2.05, 4.69) is 41.8 Å². The van der Waals surface area contributed by atoms with Crippen molar-refractivity contribution < 1.29 is 9.53 Å². The van der Waals surface area contributed by atoms with Crippen LogP contribution in [0, 0.1) is 12.0 Å². The molecule has 0 saturated carbocycles. The maximum Gasteiger partial charge on any atom is 0.537 e. The fourth-order valence-corrected chi connectivity index (χ4v) is 2.85. The van der Waals surface area contributed by atoms with Crippen molar-refractivity contribution in [1.82, 2.24) is 29.4 Å². The first-order chi connectivity index (χ1) is 14.9. The van der Waals surface area contributed by atoms with Crippen LogP contribution in [0.3, 0.4) is 0 Å². The number of nitrogens with one attached hydrogen (secondary N) is 1. The fraction of sp³-hybridized carbons (Fsp3) is 0.190. The van der Waals surface area contributed by atoms with Crippen molar-refractivity contribution in [2.75, 3.05) is 26.1 Å². The molecule has 152 valence electrons. The van der Waals surface area contributed by atoms with Gasteiger partial charge < -0.3 is 9.64 Å². The van der Waals surface area contributed by atoms with Gasteiger partial charge in [-0.15, -0.1) is 10.2 Å². The molecule has 2 aliphatic rings. The molecule has 3 heterocycles. The summed E-state index contributed by atoms with van der Waals surface area (Å²) in [4.78, 5) is 18.6. The van der Waals surface area contributed by atoms with Crippen molar-refractivity contribution in [2.45, 2.75) is 6.92 Å². The largest absolute Gasteiger partial charge is 0.537 e. The van der Waals surface area contributed by atoms with Crippen molar-refractivity contribution >= 4 is 35.8 Å². The monoisotopic (exact) mass is 415 g/mol. The number of aromatic nitrogens is 2. The summed E-state index contributed by atoms with van der Waals surface area (Å²) in [5.41, 5.74) is 1.54. The van der Waals surface area contributed by atoms with Gasteiger partial charge in [0.1, 0.15) is 0 Å². The SMILES string of the molecule is COc1nnc(C(=O)NC2=NC(C)=[N+]=C2)cc1C#C[N+]1=c2ccc(N(C)C)cc2=[N+]=C1. The van der Waals surface area contributed by atoms with Gasteiger partial charge >= 0.3 is 28.7 Å². The van der Waals surface area contributed by atoms with Gasteiger partial charge in [-0.1, -0.05) is 0 Å². The molecule has 0 atom stereocenters. The highest BCUT2D eigenvalue weighted by molar-refractivity contribution is 6.37. The number of rotatable bonds is 3. The van der Waals surface area contributed by atoms with Crippen LogP contribution in [-0.4, -0.2) is 61.5 Å². The molecule has 1 aromatic carbocycles. The number of anilines is 1. The zero-order valence-corrected chi connectivity index (χ0v) is 17.4. The van der Waals surface area contributed by atoms with Crippen molar-refractivity contribution in [2.24, 2.45) is 4.99 Å². The summed E-state index contributed by atoms with van der Waals surface area (Å²) in [6.07, 6.45) is 3.11. The predicted molar refractivity (Wildman–Crippen MR) is 118 cm³/mol. The molecule has 1 aromatic heterocycles. The van der Waals surface area contributed by atoms with E-state index in [9.17, 15) is 4.79 Å². The highest BCUT2D eigenvalue weighted by Gasteiger charge is 2.22. The second-order valence-electron chi connectivity index (χ2n) is 6.83. The van der Waals surface area contributed by atoms with Gasteiger partial charge in [-0.3, -0.25) is 10.1 Å². The smallest absolute Gasteiger partial charge is 0.479 e. The van der Waals surface area contributed by atoms with Crippen LogP contribution in [0.15, 0.2) is 29.3 Å².